The normalized spacial score (nSPS) is 19.8. The maximum absolute atomic E-state index is 5.56. The molecule has 0 atom stereocenters. The van der Waals surface area contributed by atoms with Crippen LogP contribution in [0.4, 0.5) is 0 Å². The van der Waals surface area contributed by atoms with Crippen molar-refractivity contribution < 1.29 is 4.52 Å². The lowest BCUT2D eigenvalue weighted by molar-refractivity contribution is 0.314. The monoisotopic (exact) mass is 186 g/mol. The second kappa shape index (κ2) is 3.44. The predicted molar refractivity (Wildman–Crippen MR) is 45.1 cm³/mol. The first-order valence-electron chi connectivity index (χ1n) is 4.35. The highest BCUT2D eigenvalue weighted by atomic mass is 35.5. The molecule has 1 aliphatic carbocycles. The van der Waals surface area contributed by atoms with Gasteiger partial charge in [0.15, 0.2) is 0 Å². The fourth-order valence-corrected chi connectivity index (χ4v) is 1.85. The van der Waals surface area contributed by atoms with Gasteiger partial charge in [-0.3, -0.25) is 0 Å². The number of nitrogens with zero attached hydrogens (tertiary/aromatic N) is 2. The standard InChI is InChI=1S/C8H11ClN2O/c9-8-10-7(12-11-8)6-4-2-1-3-5-6/h6H,1-5H2. The van der Waals surface area contributed by atoms with Crippen molar-refractivity contribution in [1.82, 2.24) is 10.1 Å². The maximum atomic E-state index is 5.56. The summed E-state index contributed by atoms with van der Waals surface area (Å²) in [5.41, 5.74) is 0. The molecule has 0 aliphatic heterocycles. The van der Waals surface area contributed by atoms with E-state index in [2.05, 4.69) is 10.1 Å². The summed E-state index contributed by atoms with van der Waals surface area (Å²) in [6, 6.07) is 0. The molecule has 0 N–H and O–H groups in total. The SMILES string of the molecule is Clc1noc(C2CCCCC2)n1. The van der Waals surface area contributed by atoms with Crippen LogP contribution in [0.5, 0.6) is 0 Å². The number of hydrogen-bond acceptors (Lipinski definition) is 3. The molecule has 1 aromatic heterocycles. The third-order valence-electron chi connectivity index (χ3n) is 2.37. The molecule has 4 heteroatoms. The zero-order chi connectivity index (χ0) is 8.39. The summed E-state index contributed by atoms with van der Waals surface area (Å²) in [6.07, 6.45) is 6.20. The van der Waals surface area contributed by atoms with E-state index in [9.17, 15) is 0 Å². The molecule has 0 spiro atoms. The van der Waals surface area contributed by atoms with Crippen molar-refractivity contribution in [3.05, 3.63) is 11.2 Å². The summed E-state index contributed by atoms with van der Waals surface area (Å²) < 4.78 is 5.01. The zero-order valence-electron chi connectivity index (χ0n) is 6.79. The highest BCUT2D eigenvalue weighted by molar-refractivity contribution is 6.28. The van der Waals surface area contributed by atoms with Crippen molar-refractivity contribution in [2.24, 2.45) is 0 Å². The van der Waals surface area contributed by atoms with E-state index in [0.29, 0.717) is 5.92 Å². The molecule has 1 aromatic rings. The third-order valence-corrected chi connectivity index (χ3v) is 2.52. The summed E-state index contributed by atoms with van der Waals surface area (Å²) in [5.74, 6) is 1.18. The lowest BCUT2D eigenvalue weighted by atomic mass is 9.89. The first-order chi connectivity index (χ1) is 5.86. The smallest absolute Gasteiger partial charge is 0.263 e. The summed E-state index contributed by atoms with van der Waals surface area (Å²) in [7, 11) is 0. The van der Waals surface area contributed by atoms with Crippen molar-refractivity contribution in [1.29, 1.82) is 0 Å². The Hall–Kier alpha value is -0.570. The van der Waals surface area contributed by atoms with Crippen LogP contribution in [-0.4, -0.2) is 10.1 Å². The molecule has 2 rings (SSSR count). The van der Waals surface area contributed by atoms with Crippen molar-refractivity contribution in [2.75, 3.05) is 0 Å². The van der Waals surface area contributed by atoms with Crippen molar-refractivity contribution in [2.45, 2.75) is 38.0 Å². The number of hydrogen-bond donors (Lipinski definition) is 0. The molecule has 66 valence electrons. The molecular formula is C8H11ClN2O. The molecule has 0 aromatic carbocycles. The molecule has 1 saturated carbocycles. The van der Waals surface area contributed by atoms with Gasteiger partial charge in [0.25, 0.3) is 5.28 Å². The maximum Gasteiger partial charge on any atom is 0.263 e. The van der Waals surface area contributed by atoms with Gasteiger partial charge in [-0.15, -0.1) is 0 Å². The van der Waals surface area contributed by atoms with E-state index in [4.69, 9.17) is 16.1 Å². The summed E-state index contributed by atoms with van der Waals surface area (Å²) in [5, 5.41) is 3.80. The second-order valence-electron chi connectivity index (χ2n) is 3.24. The fraction of sp³-hybridized carbons (Fsp3) is 0.750. The second-order valence-corrected chi connectivity index (χ2v) is 3.57. The van der Waals surface area contributed by atoms with Crippen molar-refractivity contribution in [3.8, 4) is 0 Å². The zero-order valence-corrected chi connectivity index (χ0v) is 7.55. The molecule has 0 saturated heterocycles. The van der Waals surface area contributed by atoms with E-state index in [0.717, 1.165) is 5.89 Å². The van der Waals surface area contributed by atoms with Gasteiger partial charge in [-0.2, -0.15) is 4.98 Å². The minimum Gasteiger partial charge on any atom is -0.338 e. The number of aromatic nitrogens is 2. The molecule has 1 aliphatic rings. The Balaban J connectivity index is 2.08. The minimum atomic E-state index is 0.232. The van der Waals surface area contributed by atoms with Gasteiger partial charge in [0, 0.05) is 5.92 Å². The van der Waals surface area contributed by atoms with Gasteiger partial charge in [-0.25, -0.2) is 0 Å². The van der Waals surface area contributed by atoms with Crippen molar-refractivity contribution >= 4 is 11.6 Å². The molecule has 3 nitrogen and oxygen atoms in total. The van der Waals surface area contributed by atoms with Crippen LogP contribution in [-0.2, 0) is 0 Å². The highest BCUT2D eigenvalue weighted by Crippen LogP contribution is 2.31. The Bertz CT molecular complexity index is 255. The number of halogens is 1. The summed E-state index contributed by atoms with van der Waals surface area (Å²) in [6.45, 7) is 0. The third kappa shape index (κ3) is 1.61. The Labute approximate surface area is 76.1 Å². The van der Waals surface area contributed by atoms with Crippen LogP contribution in [0.25, 0.3) is 0 Å². The van der Waals surface area contributed by atoms with Crippen LogP contribution < -0.4 is 0 Å². The fourth-order valence-electron chi connectivity index (χ4n) is 1.73. The summed E-state index contributed by atoms with van der Waals surface area (Å²) in [4.78, 5) is 4.02. The van der Waals surface area contributed by atoms with Crippen LogP contribution in [0.3, 0.4) is 0 Å². The van der Waals surface area contributed by atoms with Crippen LogP contribution in [0.15, 0.2) is 4.52 Å². The first kappa shape index (κ1) is 8.05. The molecule has 0 radical (unpaired) electrons. The van der Waals surface area contributed by atoms with E-state index in [1.165, 1.54) is 32.1 Å². The average molecular weight is 187 g/mol. The van der Waals surface area contributed by atoms with E-state index in [-0.39, 0.29) is 5.28 Å². The van der Waals surface area contributed by atoms with Gasteiger partial charge >= 0.3 is 0 Å². The van der Waals surface area contributed by atoms with Gasteiger partial charge in [-0.05, 0) is 29.6 Å². The lowest BCUT2D eigenvalue weighted by Crippen LogP contribution is -2.04. The first-order valence-corrected chi connectivity index (χ1v) is 4.73. The van der Waals surface area contributed by atoms with Crippen LogP contribution in [0.1, 0.15) is 43.9 Å². The topological polar surface area (TPSA) is 38.9 Å². The van der Waals surface area contributed by atoms with E-state index in [1.807, 2.05) is 0 Å². The van der Waals surface area contributed by atoms with Gasteiger partial charge < -0.3 is 4.52 Å². The molecule has 0 unspecified atom stereocenters. The molecule has 1 heterocycles. The largest absolute Gasteiger partial charge is 0.338 e. The van der Waals surface area contributed by atoms with E-state index in [1.54, 1.807) is 0 Å². The molecule has 0 amide bonds. The Morgan fingerprint density at radius 1 is 1.25 bits per heavy atom. The van der Waals surface area contributed by atoms with Crippen LogP contribution in [0, 0.1) is 0 Å². The molecule has 1 fully saturated rings. The minimum absolute atomic E-state index is 0.232. The Kier molecular flexibility index (Phi) is 2.30. The number of rotatable bonds is 1. The van der Waals surface area contributed by atoms with Gasteiger partial charge in [-0.1, -0.05) is 19.3 Å². The Morgan fingerprint density at radius 2 is 2.00 bits per heavy atom. The van der Waals surface area contributed by atoms with Crippen molar-refractivity contribution in [3.63, 3.8) is 0 Å². The quantitative estimate of drug-likeness (QED) is 0.677. The summed E-state index contributed by atoms with van der Waals surface area (Å²) >= 11 is 5.56. The van der Waals surface area contributed by atoms with Gasteiger partial charge in [0.05, 0.1) is 0 Å². The predicted octanol–water partition coefficient (Wildman–Crippen LogP) is 2.77. The van der Waals surface area contributed by atoms with Gasteiger partial charge in [0.1, 0.15) is 0 Å². The van der Waals surface area contributed by atoms with Crippen LogP contribution in [0.2, 0.25) is 5.28 Å². The molecular weight excluding hydrogens is 176 g/mol. The molecule has 0 bridgehead atoms. The Morgan fingerprint density at radius 3 is 2.58 bits per heavy atom. The molecule has 12 heavy (non-hydrogen) atoms. The van der Waals surface area contributed by atoms with E-state index >= 15 is 0 Å². The van der Waals surface area contributed by atoms with Crippen LogP contribution >= 0.6 is 11.6 Å². The van der Waals surface area contributed by atoms with Gasteiger partial charge in [0.2, 0.25) is 5.89 Å². The lowest BCUT2D eigenvalue weighted by Gasteiger charge is -2.16. The highest BCUT2D eigenvalue weighted by Gasteiger charge is 2.20. The van der Waals surface area contributed by atoms with E-state index < -0.39 is 0 Å². The average Bonchev–Trinajstić information content (AvgIpc) is 2.54.